The molecule has 0 saturated carbocycles. The molecule has 0 spiro atoms. The molecule has 1 aromatic heterocycles. The molecule has 2 rings (SSSR count). The highest BCUT2D eigenvalue weighted by molar-refractivity contribution is 5.62. The Kier molecular flexibility index (Phi) is 3.68. The lowest BCUT2D eigenvalue weighted by molar-refractivity contribution is 0.0232. The molecule has 0 aliphatic carbocycles. The van der Waals surface area contributed by atoms with E-state index >= 15 is 0 Å². The Morgan fingerprint density at radius 2 is 2.35 bits per heavy atom. The molecule has 1 aliphatic rings. The van der Waals surface area contributed by atoms with Crippen LogP contribution in [0.25, 0.3) is 0 Å². The van der Waals surface area contributed by atoms with Gasteiger partial charge in [-0.2, -0.15) is 4.98 Å². The van der Waals surface area contributed by atoms with Gasteiger partial charge in [0.25, 0.3) is 0 Å². The van der Waals surface area contributed by atoms with Crippen LogP contribution in [0.3, 0.4) is 0 Å². The molecule has 2 atom stereocenters. The van der Waals surface area contributed by atoms with Crippen LogP contribution in [-0.4, -0.2) is 30.8 Å². The molecule has 1 aliphatic heterocycles. The molecule has 2 heterocycles. The molecule has 0 amide bonds. The van der Waals surface area contributed by atoms with Gasteiger partial charge in [0, 0.05) is 18.7 Å². The van der Waals surface area contributed by atoms with Gasteiger partial charge in [-0.15, -0.1) is 0 Å². The van der Waals surface area contributed by atoms with Crippen molar-refractivity contribution in [2.45, 2.75) is 31.9 Å². The SMILES string of the molecule is COc1ccc(N)c(NC2CCOC(C)C2)n1. The Labute approximate surface area is 101 Å². The van der Waals surface area contributed by atoms with E-state index in [1.165, 1.54) is 0 Å². The van der Waals surface area contributed by atoms with Crippen LogP contribution in [0.2, 0.25) is 0 Å². The Bertz CT molecular complexity index is 384. The van der Waals surface area contributed by atoms with Gasteiger partial charge in [0.1, 0.15) is 0 Å². The minimum absolute atomic E-state index is 0.285. The van der Waals surface area contributed by atoms with E-state index in [-0.39, 0.29) is 6.10 Å². The lowest BCUT2D eigenvalue weighted by Gasteiger charge is -2.28. The molecule has 2 unspecified atom stereocenters. The number of rotatable bonds is 3. The molecule has 1 fully saturated rings. The van der Waals surface area contributed by atoms with Crippen molar-refractivity contribution in [1.29, 1.82) is 0 Å². The lowest BCUT2D eigenvalue weighted by atomic mass is 10.0. The number of hydrogen-bond donors (Lipinski definition) is 2. The maximum absolute atomic E-state index is 5.88. The smallest absolute Gasteiger partial charge is 0.215 e. The Morgan fingerprint density at radius 1 is 1.53 bits per heavy atom. The summed E-state index contributed by atoms with van der Waals surface area (Å²) >= 11 is 0. The summed E-state index contributed by atoms with van der Waals surface area (Å²) in [7, 11) is 1.60. The van der Waals surface area contributed by atoms with Crippen LogP contribution in [0.1, 0.15) is 19.8 Å². The zero-order valence-electron chi connectivity index (χ0n) is 10.3. The van der Waals surface area contributed by atoms with E-state index in [0.717, 1.165) is 19.4 Å². The number of aromatic nitrogens is 1. The number of nitrogens with one attached hydrogen (secondary N) is 1. The monoisotopic (exact) mass is 237 g/mol. The summed E-state index contributed by atoms with van der Waals surface area (Å²) in [6, 6.07) is 3.92. The van der Waals surface area contributed by atoms with Crippen LogP contribution in [0, 0.1) is 0 Å². The van der Waals surface area contributed by atoms with Crippen molar-refractivity contribution in [1.82, 2.24) is 4.98 Å². The zero-order chi connectivity index (χ0) is 12.3. The van der Waals surface area contributed by atoms with Crippen molar-refractivity contribution >= 4 is 11.5 Å². The number of ether oxygens (including phenoxy) is 2. The number of nitrogens with two attached hydrogens (primary N) is 1. The fraction of sp³-hybridized carbons (Fsp3) is 0.583. The van der Waals surface area contributed by atoms with Gasteiger partial charge >= 0.3 is 0 Å². The van der Waals surface area contributed by atoms with Gasteiger partial charge in [-0.3, -0.25) is 0 Å². The minimum atomic E-state index is 0.285. The zero-order valence-corrected chi connectivity index (χ0v) is 10.3. The Morgan fingerprint density at radius 3 is 3.06 bits per heavy atom. The molecule has 1 aromatic rings. The second-order valence-corrected chi connectivity index (χ2v) is 4.34. The second kappa shape index (κ2) is 5.23. The topological polar surface area (TPSA) is 69.4 Å². The van der Waals surface area contributed by atoms with Crippen LogP contribution in [0.15, 0.2) is 12.1 Å². The number of nitrogen functional groups attached to an aromatic ring is 1. The first-order valence-corrected chi connectivity index (χ1v) is 5.87. The van der Waals surface area contributed by atoms with Gasteiger partial charge in [0.15, 0.2) is 5.82 Å². The number of anilines is 2. The minimum Gasteiger partial charge on any atom is -0.481 e. The summed E-state index contributed by atoms with van der Waals surface area (Å²) in [5.74, 6) is 1.27. The van der Waals surface area contributed by atoms with Crippen molar-refractivity contribution < 1.29 is 9.47 Å². The maximum atomic E-state index is 5.88. The quantitative estimate of drug-likeness (QED) is 0.836. The van der Waals surface area contributed by atoms with Crippen LogP contribution in [0.4, 0.5) is 11.5 Å². The van der Waals surface area contributed by atoms with Gasteiger partial charge in [0.05, 0.1) is 18.9 Å². The predicted molar refractivity (Wildman–Crippen MR) is 67.3 cm³/mol. The molecule has 0 aromatic carbocycles. The Balaban J connectivity index is 2.06. The summed E-state index contributed by atoms with van der Waals surface area (Å²) in [5, 5.41) is 3.36. The molecule has 3 N–H and O–H groups in total. The fourth-order valence-corrected chi connectivity index (χ4v) is 2.00. The molecule has 0 bridgehead atoms. The van der Waals surface area contributed by atoms with Gasteiger partial charge in [-0.1, -0.05) is 0 Å². The van der Waals surface area contributed by atoms with E-state index in [9.17, 15) is 0 Å². The van der Waals surface area contributed by atoms with E-state index < -0.39 is 0 Å². The molecular formula is C12H19N3O2. The van der Waals surface area contributed by atoms with Gasteiger partial charge in [-0.25, -0.2) is 0 Å². The van der Waals surface area contributed by atoms with E-state index in [4.69, 9.17) is 15.2 Å². The molecule has 94 valence electrons. The average molecular weight is 237 g/mol. The van der Waals surface area contributed by atoms with E-state index in [1.54, 1.807) is 19.2 Å². The van der Waals surface area contributed by atoms with Crippen molar-refractivity contribution in [3.05, 3.63) is 12.1 Å². The highest BCUT2D eigenvalue weighted by Gasteiger charge is 2.20. The summed E-state index contributed by atoms with van der Waals surface area (Å²) in [6.07, 6.45) is 2.23. The van der Waals surface area contributed by atoms with Crippen LogP contribution in [0.5, 0.6) is 5.88 Å². The summed E-state index contributed by atoms with van der Waals surface area (Å²) in [4.78, 5) is 4.31. The summed E-state index contributed by atoms with van der Waals surface area (Å²) in [6.45, 7) is 2.86. The first-order chi connectivity index (χ1) is 8.19. The van der Waals surface area contributed by atoms with E-state index in [2.05, 4.69) is 17.2 Å². The highest BCUT2D eigenvalue weighted by atomic mass is 16.5. The van der Waals surface area contributed by atoms with Gasteiger partial charge in [-0.05, 0) is 25.8 Å². The second-order valence-electron chi connectivity index (χ2n) is 4.34. The predicted octanol–water partition coefficient (Wildman–Crippen LogP) is 1.65. The van der Waals surface area contributed by atoms with Crippen molar-refractivity contribution in [2.24, 2.45) is 0 Å². The molecule has 5 heteroatoms. The van der Waals surface area contributed by atoms with Crippen molar-refractivity contribution in [2.75, 3.05) is 24.8 Å². The van der Waals surface area contributed by atoms with Crippen molar-refractivity contribution in [3.63, 3.8) is 0 Å². The van der Waals surface area contributed by atoms with Gasteiger partial charge < -0.3 is 20.5 Å². The maximum Gasteiger partial charge on any atom is 0.215 e. The standard InChI is InChI=1S/C12H19N3O2/c1-8-7-9(5-6-17-8)14-12-10(13)3-4-11(15-12)16-2/h3-4,8-9H,5-7,13H2,1-2H3,(H,14,15). The van der Waals surface area contributed by atoms with E-state index in [1.807, 2.05) is 0 Å². The normalized spacial score (nSPS) is 24.4. The molecular weight excluding hydrogens is 218 g/mol. The highest BCUT2D eigenvalue weighted by Crippen LogP contribution is 2.23. The average Bonchev–Trinajstić information content (AvgIpc) is 2.32. The molecule has 17 heavy (non-hydrogen) atoms. The summed E-state index contributed by atoms with van der Waals surface area (Å²) in [5.41, 5.74) is 6.53. The first kappa shape index (κ1) is 12.0. The number of methoxy groups -OCH3 is 1. The first-order valence-electron chi connectivity index (χ1n) is 5.87. The molecule has 1 saturated heterocycles. The third-order valence-electron chi connectivity index (χ3n) is 2.94. The molecule has 5 nitrogen and oxygen atoms in total. The van der Waals surface area contributed by atoms with Gasteiger partial charge in [0.2, 0.25) is 5.88 Å². The van der Waals surface area contributed by atoms with Crippen LogP contribution >= 0.6 is 0 Å². The fourth-order valence-electron chi connectivity index (χ4n) is 2.00. The van der Waals surface area contributed by atoms with Crippen LogP contribution < -0.4 is 15.8 Å². The number of pyridine rings is 1. The molecule has 0 radical (unpaired) electrons. The number of nitrogens with zero attached hydrogens (tertiary/aromatic N) is 1. The van der Waals surface area contributed by atoms with Crippen molar-refractivity contribution in [3.8, 4) is 5.88 Å². The van der Waals surface area contributed by atoms with E-state index in [0.29, 0.717) is 23.4 Å². The lowest BCUT2D eigenvalue weighted by Crippen LogP contribution is -2.33. The Hall–Kier alpha value is -1.49. The third kappa shape index (κ3) is 3.00. The van der Waals surface area contributed by atoms with Crippen LogP contribution in [-0.2, 0) is 4.74 Å². The number of hydrogen-bond acceptors (Lipinski definition) is 5. The third-order valence-corrected chi connectivity index (χ3v) is 2.94. The largest absolute Gasteiger partial charge is 0.481 e. The summed E-state index contributed by atoms with van der Waals surface area (Å²) < 4.78 is 10.6.